The first-order valence-electron chi connectivity index (χ1n) is 13.0. The minimum absolute atomic E-state index is 0.437. The van der Waals surface area contributed by atoms with Gasteiger partial charge in [-0.2, -0.15) is 5.26 Å². The number of fused-ring (bicyclic) bond motifs is 1. The van der Waals surface area contributed by atoms with Crippen LogP contribution in [0.3, 0.4) is 0 Å². The number of pyridine rings is 1. The third-order valence-electron chi connectivity index (χ3n) is 6.73. The highest BCUT2D eigenvalue weighted by atomic mass is 15.0. The van der Waals surface area contributed by atoms with Crippen LogP contribution < -0.4 is 5.32 Å². The normalized spacial score (nSPS) is 13.1. The van der Waals surface area contributed by atoms with E-state index in [1.165, 1.54) is 6.42 Å². The fourth-order valence-electron chi connectivity index (χ4n) is 4.68. The second-order valence-electron chi connectivity index (χ2n) is 9.42. The number of nitriles is 1. The van der Waals surface area contributed by atoms with E-state index in [1.807, 2.05) is 38.2 Å². The Labute approximate surface area is 209 Å². The summed E-state index contributed by atoms with van der Waals surface area (Å²) in [6.07, 6.45) is 6.53. The molecule has 4 nitrogen and oxygen atoms in total. The molecule has 35 heavy (non-hydrogen) atoms. The molecular formula is C31H36N4. The zero-order valence-corrected chi connectivity index (χ0v) is 21.4. The quantitative estimate of drug-likeness (QED) is 0.298. The van der Waals surface area contributed by atoms with E-state index in [0.29, 0.717) is 12.0 Å². The van der Waals surface area contributed by atoms with Gasteiger partial charge in [0.25, 0.3) is 0 Å². The lowest BCUT2D eigenvalue weighted by molar-refractivity contribution is 0.324. The Kier molecular flexibility index (Phi) is 7.87. The molecule has 1 aliphatic rings. The molecule has 2 aromatic carbocycles. The average molecular weight is 465 g/mol. The first-order valence-corrected chi connectivity index (χ1v) is 13.0. The summed E-state index contributed by atoms with van der Waals surface area (Å²) < 4.78 is 2.42. The largest absolute Gasteiger partial charge is 0.385 e. The molecule has 1 aliphatic carbocycles. The number of hydrogen-bond acceptors (Lipinski definition) is 3. The van der Waals surface area contributed by atoms with Crippen molar-refractivity contribution >= 4 is 16.6 Å². The summed E-state index contributed by atoms with van der Waals surface area (Å²) in [4.78, 5) is 4.54. The molecule has 2 heterocycles. The zero-order chi connectivity index (χ0) is 24.8. The summed E-state index contributed by atoms with van der Waals surface area (Å²) in [7, 11) is 0. The van der Waals surface area contributed by atoms with E-state index in [0.717, 1.165) is 70.5 Å². The van der Waals surface area contributed by atoms with Crippen LogP contribution in [0.5, 0.6) is 0 Å². The molecule has 1 fully saturated rings. The van der Waals surface area contributed by atoms with Crippen LogP contribution in [0.15, 0.2) is 66.9 Å². The van der Waals surface area contributed by atoms with Crippen molar-refractivity contribution in [2.45, 2.75) is 59.4 Å². The van der Waals surface area contributed by atoms with Crippen LogP contribution >= 0.6 is 0 Å². The molecule has 2 aromatic heterocycles. The molecule has 0 saturated heterocycles. The summed E-state index contributed by atoms with van der Waals surface area (Å²) in [5.41, 5.74) is 7.22. The number of anilines is 1. The molecule has 0 atom stereocenters. The van der Waals surface area contributed by atoms with Crippen LogP contribution in [-0.4, -0.2) is 16.1 Å². The van der Waals surface area contributed by atoms with Crippen LogP contribution in [0.4, 0.5) is 5.69 Å². The number of nitrogens with one attached hydrogen (secondary N) is 1. The molecule has 5 rings (SSSR count). The molecule has 4 aromatic rings. The Hall–Kier alpha value is -3.58. The summed E-state index contributed by atoms with van der Waals surface area (Å²) in [6.45, 7) is 9.46. The highest BCUT2D eigenvalue weighted by molar-refractivity contribution is 5.96. The highest BCUT2D eigenvalue weighted by Crippen LogP contribution is 2.43. The number of benzene rings is 2. The smallest absolute Gasteiger partial charge is 0.102 e. The third kappa shape index (κ3) is 5.10. The van der Waals surface area contributed by atoms with Crippen molar-refractivity contribution in [3.05, 3.63) is 72.4 Å². The highest BCUT2D eigenvalue weighted by Gasteiger charge is 2.28. The first-order chi connectivity index (χ1) is 17.2. The predicted octanol–water partition coefficient (Wildman–Crippen LogP) is 8.45. The maximum absolute atomic E-state index is 10.2. The third-order valence-corrected chi connectivity index (χ3v) is 6.73. The van der Waals surface area contributed by atoms with Gasteiger partial charge in [0.05, 0.1) is 22.5 Å². The van der Waals surface area contributed by atoms with Gasteiger partial charge < -0.3 is 9.88 Å². The van der Waals surface area contributed by atoms with E-state index in [4.69, 9.17) is 0 Å². The van der Waals surface area contributed by atoms with Crippen molar-refractivity contribution in [3.8, 4) is 28.6 Å². The standard InChI is InChI=1S/C29H30N4.C2H6/c1-20(2)15-17-31-23-12-9-21(10-13-23)29-26(19-30)25-14-11-22(27-8-3-4-16-32-27)18-28(25)33(29)24-6-5-7-24;1-2/h3-4,8-14,16,18,20,24,31H,5-7,15,17H2,1-2H3;1-2H3. The van der Waals surface area contributed by atoms with Crippen LogP contribution in [-0.2, 0) is 0 Å². The van der Waals surface area contributed by atoms with Crippen molar-refractivity contribution in [3.63, 3.8) is 0 Å². The maximum atomic E-state index is 10.2. The fraction of sp³-hybridized carbons (Fsp3) is 0.355. The summed E-state index contributed by atoms with van der Waals surface area (Å²) in [5.74, 6) is 0.684. The summed E-state index contributed by atoms with van der Waals surface area (Å²) >= 11 is 0. The van der Waals surface area contributed by atoms with Crippen molar-refractivity contribution in [2.75, 3.05) is 11.9 Å². The van der Waals surface area contributed by atoms with Crippen molar-refractivity contribution in [1.82, 2.24) is 9.55 Å². The van der Waals surface area contributed by atoms with E-state index in [2.05, 4.69) is 77.2 Å². The number of hydrogen-bond donors (Lipinski definition) is 1. The molecule has 180 valence electrons. The Morgan fingerprint density at radius 3 is 2.37 bits per heavy atom. The van der Waals surface area contributed by atoms with Crippen molar-refractivity contribution < 1.29 is 0 Å². The van der Waals surface area contributed by atoms with Gasteiger partial charge in [-0.15, -0.1) is 0 Å². The van der Waals surface area contributed by atoms with Gasteiger partial charge in [-0.3, -0.25) is 4.98 Å². The molecule has 0 radical (unpaired) electrons. The molecule has 0 amide bonds. The second-order valence-corrected chi connectivity index (χ2v) is 9.42. The van der Waals surface area contributed by atoms with Crippen LogP contribution in [0, 0.1) is 17.2 Å². The molecule has 0 unspecified atom stereocenters. The fourth-order valence-corrected chi connectivity index (χ4v) is 4.68. The number of nitrogens with zero attached hydrogens (tertiary/aromatic N) is 3. The molecule has 1 N–H and O–H groups in total. The van der Waals surface area contributed by atoms with Crippen LogP contribution in [0.2, 0.25) is 0 Å². The van der Waals surface area contributed by atoms with Gasteiger partial charge >= 0.3 is 0 Å². The SMILES string of the molecule is CC.CC(C)CCNc1ccc(-c2c(C#N)c3ccc(-c4ccccn4)cc3n2C2CCC2)cc1. The van der Waals surface area contributed by atoms with E-state index in [1.54, 1.807) is 0 Å². The van der Waals surface area contributed by atoms with E-state index >= 15 is 0 Å². The predicted molar refractivity (Wildman–Crippen MR) is 148 cm³/mol. The van der Waals surface area contributed by atoms with Gasteiger partial charge in [-0.1, -0.05) is 58.0 Å². The van der Waals surface area contributed by atoms with E-state index in [-0.39, 0.29) is 0 Å². The molecule has 0 aliphatic heterocycles. The van der Waals surface area contributed by atoms with Crippen LogP contribution in [0.25, 0.3) is 33.4 Å². The molecule has 0 spiro atoms. The molecule has 0 bridgehead atoms. The minimum atomic E-state index is 0.437. The maximum Gasteiger partial charge on any atom is 0.102 e. The summed E-state index contributed by atoms with van der Waals surface area (Å²) in [6, 6.07) is 23.9. The van der Waals surface area contributed by atoms with Crippen LogP contribution in [0.1, 0.15) is 65.0 Å². The topological polar surface area (TPSA) is 53.6 Å². The lowest BCUT2D eigenvalue weighted by atomic mass is 9.92. The number of aromatic nitrogens is 2. The van der Waals surface area contributed by atoms with Gasteiger partial charge in [0.15, 0.2) is 0 Å². The average Bonchev–Trinajstić information content (AvgIpc) is 3.18. The molecular weight excluding hydrogens is 428 g/mol. The van der Waals surface area contributed by atoms with Gasteiger partial charge in [-0.25, -0.2) is 0 Å². The molecule has 4 heteroatoms. The monoisotopic (exact) mass is 464 g/mol. The summed E-state index contributed by atoms with van der Waals surface area (Å²) in [5, 5.41) is 14.7. The Morgan fingerprint density at radius 2 is 1.77 bits per heavy atom. The van der Waals surface area contributed by atoms with Gasteiger partial charge in [-0.05, 0) is 67.5 Å². The zero-order valence-electron chi connectivity index (χ0n) is 21.4. The van der Waals surface area contributed by atoms with E-state index in [9.17, 15) is 5.26 Å². The Bertz CT molecular complexity index is 1290. The minimum Gasteiger partial charge on any atom is -0.385 e. The van der Waals surface area contributed by atoms with Gasteiger partial charge in [0.2, 0.25) is 0 Å². The Morgan fingerprint density at radius 1 is 1.03 bits per heavy atom. The van der Waals surface area contributed by atoms with Crippen molar-refractivity contribution in [1.29, 1.82) is 5.26 Å². The molecule has 1 saturated carbocycles. The number of rotatable bonds is 7. The van der Waals surface area contributed by atoms with E-state index < -0.39 is 0 Å². The lowest BCUT2D eigenvalue weighted by Crippen LogP contribution is -2.17. The lowest BCUT2D eigenvalue weighted by Gasteiger charge is -2.30. The van der Waals surface area contributed by atoms with Crippen molar-refractivity contribution in [2.24, 2.45) is 5.92 Å². The second kappa shape index (κ2) is 11.2. The van der Waals surface area contributed by atoms with Gasteiger partial charge in [0.1, 0.15) is 6.07 Å². The Balaban J connectivity index is 0.00000141. The van der Waals surface area contributed by atoms with Gasteiger partial charge in [0, 0.05) is 35.4 Å². The first kappa shape index (κ1) is 24.5.